The standard InChI is InChI=1S/C8H14N2O3S/c9-6(1-2-7(11)12)8(13)10-3-4-14-5-10/h6H,1-5,9H2,(H,11,12). The van der Waals surface area contributed by atoms with E-state index in [0.717, 1.165) is 12.3 Å². The molecule has 5 nitrogen and oxygen atoms in total. The highest BCUT2D eigenvalue weighted by atomic mass is 32.2. The van der Waals surface area contributed by atoms with Crippen molar-refractivity contribution in [2.75, 3.05) is 18.2 Å². The van der Waals surface area contributed by atoms with Gasteiger partial charge in [0.25, 0.3) is 0 Å². The van der Waals surface area contributed by atoms with Crippen LogP contribution in [0.4, 0.5) is 0 Å². The third-order valence-corrected chi connectivity index (χ3v) is 3.02. The Morgan fingerprint density at radius 3 is 2.79 bits per heavy atom. The molecule has 1 fully saturated rings. The maximum Gasteiger partial charge on any atom is 0.303 e. The van der Waals surface area contributed by atoms with E-state index in [9.17, 15) is 9.59 Å². The van der Waals surface area contributed by atoms with Crippen LogP contribution < -0.4 is 5.73 Å². The number of amides is 1. The van der Waals surface area contributed by atoms with Gasteiger partial charge in [0.1, 0.15) is 0 Å². The van der Waals surface area contributed by atoms with E-state index in [1.807, 2.05) is 0 Å². The van der Waals surface area contributed by atoms with Gasteiger partial charge >= 0.3 is 5.97 Å². The second kappa shape index (κ2) is 5.21. The van der Waals surface area contributed by atoms with Crippen LogP contribution in [-0.4, -0.2) is 46.1 Å². The zero-order chi connectivity index (χ0) is 10.6. The van der Waals surface area contributed by atoms with Crippen LogP contribution in [0.3, 0.4) is 0 Å². The van der Waals surface area contributed by atoms with Crippen LogP contribution in [0, 0.1) is 0 Å². The average Bonchev–Trinajstić information content (AvgIpc) is 2.65. The van der Waals surface area contributed by atoms with E-state index in [4.69, 9.17) is 10.8 Å². The molecule has 14 heavy (non-hydrogen) atoms. The lowest BCUT2D eigenvalue weighted by Crippen LogP contribution is -2.42. The van der Waals surface area contributed by atoms with Gasteiger partial charge < -0.3 is 15.7 Å². The number of carbonyl (C=O) groups is 2. The topological polar surface area (TPSA) is 83.6 Å². The number of carbonyl (C=O) groups excluding carboxylic acids is 1. The van der Waals surface area contributed by atoms with Crippen molar-refractivity contribution in [1.29, 1.82) is 0 Å². The van der Waals surface area contributed by atoms with E-state index in [-0.39, 0.29) is 18.7 Å². The van der Waals surface area contributed by atoms with Crippen LogP contribution in [0.15, 0.2) is 0 Å². The summed E-state index contributed by atoms with van der Waals surface area (Å²) in [6, 6.07) is -0.662. The number of thioether (sulfide) groups is 1. The molecule has 1 heterocycles. The van der Waals surface area contributed by atoms with Crippen molar-refractivity contribution in [3.8, 4) is 0 Å². The largest absolute Gasteiger partial charge is 0.481 e. The summed E-state index contributed by atoms with van der Waals surface area (Å²) in [4.78, 5) is 23.5. The van der Waals surface area contributed by atoms with E-state index >= 15 is 0 Å². The van der Waals surface area contributed by atoms with Gasteiger partial charge in [0, 0.05) is 18.7 Å². The second-order valence-electron chi connectivity index (χ2n) is 3.18. The molecule has 1 unspecified atom stereocenters. The minimum atomic E-state index is -0.913. The van der Waals surface area contributed by atoms with E-state index in [0.29, 0.717) is 5.88 Å². The first kappa shape index (κ1) is 11.3. The summed E-state index contributed by atoms with van der Waals surface area (Å²) in [5.74, 6) is 0.581. The highest BCUT2D eigenvalue weighted by Crippen LogP contribution is 2.14. The second-order valence-corrected chi connectivity index (χ2v) is 4.25. The van der Waals surface area contributed by atoms with Crippen molar-refractivity contribution >= 4 is 23.6 Å². The number of nitrogens with zero attached hydrogens (tertiary/aromatic N) is 1. The summed E-state index contributed by atoms with van der Waals surface area (Å²) < 4.78 is 0. The molecule has 3 N–H and O–H groups in total. The van der Waals surface area contributed by atoms with Gasteiger partial charge in [-0.05, 0) is 6.42 Å². The first-order valence-corrected chi connectivity index (χ1v) is 5.60. The molecule has 0 aromatic rings. The molecule has 1 aliphatic rings. The van der Waals surface area contributed by atoms with Gasteiger partial charge in [-0.25, -0.2) is 0 Å². The summed E-state index contributed by atoms with van der Waals surface area (Å²) in [5.41, 5.74) is 5.58. The molecule has 0 saturated carbocycles. The number of nitrogens with two attached hydrogens (primary N) is 1. The SMILES string of the molecule is NC(CCC(=O)O)C(=O)N1CCSC1. The van der Waals surface area contributed by atoms with Crippen molar-refractivity contribution in [3.05, 3.63) is 0 Å². The predicted molar refractivity (Wildman–Crippen MR) is 53.9 cm³/mol. The number of carboxylic acids is 1. The molecule has 1 amide bonds. The van der Waals surface area contributed by atoms with E-state index < -0.39 is 12.0 Å². The Morgan fingerprint density at radius 1 is 1.57 bits per heavy atom. The fourth-order valence-electron chi connectivity index (χ4n) is 1.22. The lowest BCUT2D eigenvalue weighted by molar-refractivity contribution is -0.137. The fourth-order valence-corrected chi connectivity index (χ4v) is 2.18. The smallest absolute Gasteiger partial charge is 0.303 e. The Bertz CT molecular complexity index is 229. The minimum Gasteiger partial charge on any atom is -0.481 e. The lowest BCUT2D eigenvalue weighted by Gasteiger charge is -2.18. The van der Waals surface area contributed by atoms with Crippen molar-refractivity contribution < 1.29 is 14.7 Å². The van der Waals surface area contributed by atoms with Gasteiger partial charge in [-0.3, -0.25) is 9.59 Å². The van der Waals surface area contributed by atoms with Crippen molar-refractivity contribution in [2.24, 2.45) is 5.73 Å². The van der Waals surface area contributed by atoms with E-state index in [1.165, 1.54) is 0 Å². The maximum absolute atomic E-state index is 11.6. The molecule has 0 aliphatic carbocycles. The van der Waals surface area contributed by atoms with Crippen LogP contribution in [0.2, 0.25) is 0 Å². The van der Waals surface area contributed by atoms with Crippen LogP contribution in [0.5, 0.6) is 0 Å². The Labute approximate surface area is 86.6 Å². The molecule has 80 valence electrons. The third-order valence-electron chi connectivity index (χ3n) is 2.05. The summed E-state index contributed by atoms with van der Waals surface area (Å²) in [6.07, 6.45) is 0.170. The minimum absolute atomic E-state index is 0.0477. The molecule has 1 saturated heterocycles. The first-order valence-electron chi connectivity index (χ1n) is 4.45. The van der Waals surface area contributed by atoms with Gasteiger partial charge in [0.15, 0.2) is 0 Å². The van der Waals surface area contributed by atoms with Gasteiger partial charge in [-0.2, -0.15) is 0 Å². The Hall–Kier alpha value is -0.750. The highest BCUT2D eigenvalue weighted by Gasteiger charge is 2.23. The number of hydrogen-bond acceptors (Lipinski definition) is 4. The monoisotopic (exact) mass is 218 g/mol. The summed E-state index contributed by atoms with van der Waals surface area (Å²) >= 11 is 1.69. The van der Waals surface area contributed by atoms with Crippen LogP contribution in [-0.2, 0) is 9.59 Å². The van der Waals surface area contributed by atoms with Crippen LogP contribution in [0.25, 0.3) is 0 Å². The number of hydrogen-bond donors (Lipinski definition) is 2. The lowest BCUT2D eigenvalue weighted by atomic mass is 10.1. The molecule has 1 aliphatic heterocycles. The van der Waals surface area contributed by atoms with E-state index in [1.54, 1.807) is 16.7 Å². The average molecular weight is 218 g/mol. The van der Waals surface area contributed by atoms with Crippen molar-refractivity contribution in [1.82, 2.24) is 4.90 Å². The Kier molecular flexibility index (Phi) is 4.21. The molecule has 1 atom stereocenters. The molecule has 0 bridgehead atoms. The molecule has 0 aromatic carbocycles. The molecule has 1 rings (SSSR count). The maximum atomic E-state index is 11.6. The number of carboxylic acid groups (broad SMARTS) is 1. The summed E-state index contributed by atoms with van der Waals surface area (Å²) in [7, 11) is 0. The quantitative estimate of drug-likeness (QED) is 0.677. The third kappa shape index (κ3) is 3.19. The highest BCUT2D eigenvalue weighted by molar-refractivity contribution is 7.99. The van der Waals surface area contributed by atoms with E-state index in [2.05, 4.69) is 0 Å². The van der Waals surface area contributed by atoms with Crippen molar-refractivity contribution in [3.63, 3.8) is 0 Å². The number of aliphatic carboxylic acids is 1. The van der Waals surface area contributed by atoms with Gasteiger partial charge in [-0.1, -0.05) is 0 Å². The Balaban J connectivity index is 2.31. The van der Waals surface area contributed by atoms with Gasteiger partial charge in [-0.15, -0.1) is 11.8 Å². The Morgan fingerprint density at radius 2 is 2.29 bits per heavy atom. The molecular weight excluding hydrogens is 204 g/mol. The zero-order valence-corrected chi connectivity index (χ0v) is 8.63. The fraction of sp³-hybridized carbons (Fsp3) is 0.750. The van der Waals surface area contributed by atoms with Crippen molar-refractivity contribution in [2.45, 2.75) is 18.9 Å². The van der Waals surface area contributed by atoms with Crippen LogP contribution >= 0.6 is 11.8 Å². The molecule has 0 spiro atoms. The van der Waals surface area contributed by atoms with Crippen LogP contribution in [0.1, 0.15) is 12.8 Å². The summed E-state index contributed by atoms with van der Waals surface area (Å²) in [6.45, 7) is 0.726. The number of rotatable bonds is 4. The summed E-state index contributed by atoms with van der Waals surface area (Å²) in [5, 5.41) is 8.42. The van der Waals surface area contributed by atoms with Gasteiger partial charge in [0.05, 0.1) is 11.9 Å². The molecule has 0 aromatic heterocycles. The molecule has 6 heteroatoms. The molecular formula is C8H14N2O3S. The first-order chi connectivity index (χ1) is 6.61. The zero-order valence-electron chi connectivity index (χ0n) is 7.81. The molecule has 0 radical (unpaired) electrons. The normalized spacial score (nSPS) is 18.2. The predicted octanol–water partition coefficient (Wildman–Crippen LogP) is -0.289. The van der Waals surface area contributed by atoms with Gasteiger partial charge in [0.2, 0.25) is 5.91 Å².